The van der Waals surface area contributed by atoms with Gasteiger partial charge in [0.05, 0.1) is 42.6 Å². The summed E-state index contributed by atoms with van der Waals surface area (Å²) in [6.07, 6.45) is 27.2. The Labute approximate surface area is 242 Å². The zero-order chi connectivity index (χ0) is 28.2. The number of nitriles is 1. The van der Waals surface area contributed by atoms with Gasteiger partial charge in [-0.05, 0) is 48.9 Å². The minimum Gasteiger partial charge on any atom is -0.370 e. The molecule has 0 radical (unpaired) electrons. The highest BCUT2D eigenvalue weighted by Crippen LogP contribution is 2.50. The van der Waals surface area contributed by atoms with Crippen molar-refractivity contribution in [3.63, 3.8) is 0 Å². The summed E-state index contributed by atoms with van der Waals surface area (Å²) in [5.74, 6) is 0.148. The van der Waals surface area contributed by atoms with E-state index in [1.807, 2.05) is 44.8 Å². The highest BCUT2D eigenvalue weighted by molar-refractivity contribution is 5.83. The van der Waals surface area contributed by atoms with Gasteiger partial charge in [-0.1, -0.05) is 12.1 Å². The van der Waals surface area contributed by atoms with Gasteiger partial charge in [-0.2, -0.15) is 5.26 Å². The van der Waals surface area contributed by atoms with E-state index in [1.54, 1.807) is 31.2 Å². The Kier molecular flexibility index (Phi) is 5.37. The lowest BCUT2D eigenvalue weighted by Crippen LogP contribution is -2.32. The molecular weight excluding hydrogens is 524 g/mol. The van der Waals surface area contributed by atoms with Crippen LogP contribution in [-0.2, 0) is 0 Å². The van der Waals surface area contributed by atoms with Gasteiger partial charge in [-0.3, -0.25) is 0 Å². The third-order valence-corrected chi connectivity index (χ3v) is 8.24. The van der Waals surface area contributed by atoms with E-state index in [9.17, 15) is 5.26 Å². The van der Waals surface area contributed by atoms with E-state index in [4.69, 9.17) is 0 Å². The minimum atomic E-state index is 0.00142. The number of rotatable bonds is 5. The van der Waals surface area contributed by atoms with E-state index in [0.29, 0.717) is 5.56 Å². The third kappa shape index (κ3) is 3.68. The van der Waals surface area contributed by atoms with Crippen molar-refractivity contribution in [2.24, 2.45) is 0 Å². The summed E-state index contributed by atoms with van der Waals surface area (Å²) in [6, 6.07) is 13.3. The van der Waals surface area contributed by atoms with Crippen LogP contribution in [0.2, 0.25) is 0 Å². The molecule has 2 aromatic carbocycles. The second-order valence-corrected chi connectivity index (χ2v) is 10.5. The molecule has 1 N–H and O–H groups in total. The molecule has 5 aromatic rings. The van der Waals surface area contributed by atoms with Crippen LogP contribution in [0.25, 0.3) is 17.1 Å². The monoisotopic (exact) mass is 550 g/mol. The molecule has 5 heterocycles. The second-order valence-electron chi connectivity index (χ2n) is 10.5. The molecule has 2 unspecified atom stereocenters. The van der Waals surface area contributed by atoms with Gasteiger partial charge in [0.25, 0.3) is 0 Å². The van der Waals surface area contributed by atoms with Gasteiger partial charge in [0.2, 0.25) is 0 Å². The predicted octanol–water partition coefficient (Wildman–Crippen LogP) is 5.07. The summed E-state index contributed by atoms with van der Waals surface area (Å²) in [6.45, 7) is 2.14. The van der Waals surface area contributed by atoms with Crippen LogP contribution >= 0.6 is 0 Å². The number of anilines is 3. The first kappa shape index (κ1) is 24.0. The number of nitrogens with one attached hydrogen (secondary N) is 1. The first-order valence-electron chi connectivity index (χ1n) is 13.8. The Morgan fingerprint density at radius 3 is 2.10 bits per heavy atom. The van der Waals surface area contributed by atoms with Crippen molar-refractivity contribution >= 4 is 22.8 Å². The molecule has 3 aliphatic rings. The van der Waals surface area contributed by atoms with Gasteiger partial charge in [-0.25, -0.2) is 15.0 Å². The van der Waals surface area contributed by atoms with Crippen LogP contribution in [0.3, 0.4) is 0 Å². The van der Waals surface area contributed by atoms with E-state index in [2.05, 4.69) is 97.8 Å². The van der Waals surface area contributed by atoms with E-state index < -0.39 is 0 Å². The summed E-state index contributed by atoms with van der Waals surface area (Å²) in [7, 11) is 0. The Morgan fingerprint density at radius 1 is 0.833 bits per heavy atom. The van der Waals surface area contributed by atoms with E-state index in [-0.39, 0.29) is 18.1 Å². The molecule has 0 saturated heterocycles. The van der Waals surface area contributed by atoms with Crippen LogP contribution in [0.15, 0.2) is 117 Å². The smallest absolute Gasteiger partial charge is 0.104 e. The molecule has 0 saturated carbocycles. The lowest BCUT2D eigenvalue weighted by Gasteiger charge is -2.31. The van der Waals surface area contributed by atoms with Crippen LogP contribution in [0.1, 0.15) is 24.0 Å². The fraction of sp³-hybridized carbons (Fsp3) is 0.125. The molecule has 0 fully saturated rings. The van der Waals surface area contributed by atoms with Crippen LogP contribution in [0.4, 0.5) is 17.1 Å². The van der Waals surface area contributed by atoms with Gasteiger partial charge < -0.3 is 28.8 Å². The van der Waals surface area contributed by atoms with Crippen molar-refractivity contribution < 1.29 is 0 Å². The standard InChI is InChI=1S/C32H26N10/c1-22-37-9-13-41(22)24-3-5-27-26-4-2-23(38-10-6-34-19-38)14-31(26)42(32(27)15-24)25-16-29(39-11-7-35-20-39)28(18-33)30(17-25)40-12-8-36-21-40/h2-17,19-22,26,31,37H,1H3/t22?,26?,31-/m1/s1. The van der Waals surface area contributed by atoms with Crippen molar-refractivity contribution in [2.45, 2.75) is 25.0 Å². The topological polar surface area (TPSA) is 95.8 Å². The van der Waals surface area contributed by atoms with E-state index in [1.165, 1.54) is 5.56 Å². The summed E-state index contributed by atoms with van der Waals surface area (Å²) in [5, 5.41) is 13.7. The Bertz CT molecular complexity index is 1850. The number of fused-ring (bicyclic) bond motifs is 3. The first-order chi connectivity index (χ1) is 20.7. The molecular formula is C32H26N10. The number of benzene rings is 2. The Balaban J connectivity index is 1.36. The maximum Gasteiger partial charge on any atom is 0.104 e. The number of hydrogen-bond acceptors (Lipinski definition) is 7. The summed E-state index contributed by atoms with van der Waals surface area (Å²) in [4.78, 5) is 17.4. The van der Waals surface area contributed by atoms with Crippen molar-refractivity contribution in [1.29, 1.82) is 5.26 Å². The van der Waals surface area contributed by atoms with Crippen LogP contribution < -0.4 is 15.1 Å². The third-order valence-electron chi connectivity index (χ3n) is 8.24. The molecule has 42 heavy (non-hydrogen) atoms. The van der Waals surface area contributed by atoms with Gasteiger partial charge in [0.1, 0.15) is 11.6 Å². The van der Waals surface area contributed by atoms with Crippen molar-refractivity contribution in [1.82, 2.24) is 34.0 Å². The van der Waals surface area contributed by atoms with Gasteiger partial charge in [0.15, 0.2) is 0 Å². The summed E-state index contributed by atoms with van der Waals surface area (Å²) < 4.78 is 5.82. The lowest BCUT2D eigenvalue weighted by atomic mass is 9.90. The molecule has 1 aliphatic carbocycles. The quantitative estimate of drug-likeness (QED) is 0.327. The number of hydrogen-bond donors (Lipinski definition) is 1. The van der Waals surface area contributed by atoms with Crippen LogP contribution in [-0.4, -0.2) is 40.9 Å². The number of imidazole rings is 3. The Hall–Kier alpha value is -5.82. The second kappa shape index (κ2) is 9.38. The molecule has 0 amide bonds. The van der Waals surface area contributed by atoms with Crippen molar-refractivity contribution in [3.8, 4) is 17.4 Å². The van der Waals surface area contributed by atoms with Crippen molar-refractivity contribution in [2.75, 3.05) is 9.80 Å². The maximum atomic E-state index is 10.3. The maximum absolute atomic E-state index is 10.3. The highest BCUT2D eigenvalue weighted by Gasteiger charge is 2.39. The van der Waals surface area contributed by atoms with Crippen LogP contribution in [0.5, 0.6) is 0 Å². The molecule has 8 rings (SSSR count). The molecule has 0 bridgehead atoms. The number of aromatic nitrogens is 6. The van der Waals surface area contributed by atoms with Crippen molar-refractivity contribution in [3.05, 3.63) is 128 Å². The molecule has 10 heteroatoms. The van der Waals surface area contributed by atoms with Gasteiger partial charge >= 0.3 is 0 Å². The molecule has 3 atom stereocenters. The summed E-state index contributed by atoms with van der Waals surface area (Å²) in [5.41, 5.74) is 7.55. The van der Waals surface area contributed by atoms with E-state index >= 15 is 0 Å². The molecule has 0 spiro atoms. The van der Waals surface area contributed by atoms with Crippen LogP contribution in [0, 0.1) is 11.3 Å². The fourth-order valence-corrected chi connectivity index (χ4v) is 6.26. The van der Waals surface area contributed by atoms with E-state index in [0.717, 1.165) is 34.1 Å². The zero-order valence-corrected chi connectivity index (χ0v) is 22.7. The first-order valence-corrected chi connectivity index (χ1v) is 13.8. The fourth-order valence-electron chi connectivity index (χ4n) is 6.26. The number of nitrogens with zero attached hydrogens (tertiary/aromatic N) is 9. The molecule has 2 aliphatic heterocycles. The normalized spacial score (nSPS) is 20.3. The largest absolute Gasteiger partial charge is 0.370 e. The molecule has 3 aromatic heterocycles. The lowest BCUT2D eigenvalue weighted by molar-refractivity contribution is 0.684. The summed E-state index contributed by atoms with van der Waals surface area (Å²) >= 11 is 0. The van der Waals surface area contributed by atoms with Gasteiger partial charge in [-0.15, -0.1) is 0 Å². The predicted molar refractivity (Wildman–Crippen MR) is 160 cm³/mol. The highest BCUT2D eigenvalue weighted by atomic mass is 15.3. The zero-order valence-electron chi connectivity index (χ0n) is 22.7. The SMILES string of the molecule is CC1NC=CN1c1ccc2c(c1)N(c1cc(-n3ccnc3)c(C#N)c(-n3ccnc3)c1)[C@@H]1C=C(n3ccnc3)C=CC21. The van der Waals surface area contributed by atoms with Gasteiger partial charge in [0, 0.05) is 78.3 Å². The average Bonchev–Trinajstić information content (AvgIpc) is 3.85. The molecule has 204 valence electrons. The minimum absolute atomic E-state index is 0.00142. The average molecular weight is 551 g/mol. The molecule has 10 nitrogen and oxygen atoms in total. The Morgan fingerprint density at radius 2 is 1.50 bits per heavy atom. The number of allylic oxidation sites excluding steroid dienone is 2.